The van der Waals surface area contributed by atoms with Crippen LogP contribution in [0.2, 0.25) is 5.02 Å². The number of hydrogen-bond donors (Lipinski definition) is 0. The van der Waals surface area contributed by atoms with Crippen molar-refractivity contribution in [1.29, 1.82) is 5.26 Å². The van der Waals surface area contributed by atoms with Crippen molar-refractivity contribution < 1.29 is 14.3 Å². The average Bonchev–Trinajstić information content (AvgIpc) is 3.17. The van der Waals surface area contributed by atoms with Crippen LogP contribution in [0.1, 0.15) is 30.5 Å². The maximum absolute atomic E-state index is 13.3. The third kappa shape index (κ3) is 6.53. The minimum atomic E-state index is -0.0844. The van der Waals surface area contributed by atoms with Crippen LogP contribution in [0.3, 0.4) is 0 Å². The van der Waals surface area contributed by atoms with Crippen LogP contribution in [0.25, 0.3) is 6.08 Å². The molecule has 0 bridgehead atoms. The molecule has 0 saturated carbocycles. The molecule has 0 spiro atoms. The second kappa shape index (κ2) is 12.0. The Labute approximate surface area is 226 Å². The Bertz CT molecular complexity index is 1390. The first-order chi connectivity index (χ1) is 17.9. The summed E-state index contributed by atoms with van der Waals surface area (Å²) >= 11 is 7.35. The lowest BCUT2D eigenvalue weighted by molar-refractivity contribution is -0.122. The molecule has 1 aliphatic rings. The van der Waals surface area contributed by atoms with E-state index in [1.165, 1.54) is 11.8 Å². The zero-order chi connectivity index (χ0) is 26.4. The molecule has 37 heavy (non-hydrogen) atoms. The van der Waals surface area contributed by atoms with E-state index in [1.807, 2.05) is 48.5 Å². The molecule has 1 heterocycles. The van der Waals surface area contributed by atoms with Gasteiger partial charge < -0.3 is 9.47 Å². The third-order valence-corrected chi connectivity index (χ3v) is 6.75. The molecule has 0 N–H and O–H groups in total. The molecule has 0 unspecified atom stereocenters. The number of aliphatic imine (C=N–C) groups is 1. The zero-order valence-electron chi connectivity index (χ0n) is 20.8. The van der Waals surface area contributed by atoms with Gasteiger partial charge >= 0.3 is 0 Å². The van der Waals surface area contributed by atoms with Gasteiger partial charge in [-0.2, -0.15) is 5.26 Å². The van der Waals surface area contributed by atoms with Crippen molar-refractivity contribution in [1.82, 2.24) is 4.90 Å². The number of halogens is 1. The largest absolute Gasteiger partial charge is 0.493 e. The highest BCUT2D eigenvalue weighted by atomic mass is 35.5. The Kier molecular flexibility index (Phi) is 8.54. The van der Waals surface area contributed by atoms with Gasteiger partial charge in [-0.1, -0.05) is 49.7 Å². The molecule has 4 rings (SSSR count). The number of nitrogens with zero attached hydrogens (tertiary/aromatic N) is 3. The maximum atomic E-state index is 13.3. The summed E-state index contributed by atoms with van der Waals surface area (Å²) in [6.45, 7) is 4.94. The fourth-order valence-corrected chi connectivity index (χ4v) is 4.83. The lowest BCUT2D eigenvalue weighted by atomic mass is 10.1. The summed E-state index contributed by atoms with van der Waals surface area (Å²) in [5.74, 6) is 1.28. The molecule has 0 aromatic heterocycles. The number of rotatable bonds is 8. The van der Waals surface area contributed by atoms with Crippen LogP contribution in [-0.4, -0.2) is 29.6 Å². The summed E-state index contributed by atoms with van der Waals surface area (Å²) in [6.07, 6.45) is 1.84. The van der Waals surface area contributed by atoms with E-state index in [-0.39, 0.29) is 18.4 Å². The van der Waals surface area contributed by atoms with E-state index in [0.29, 0.717) is 38.7 Å². The normalized spacial score (nSPS) is 15.5. The summed E-state index contributed by atoms with van der Waals surface area (Å²) < 4.78 is 11.5. The van der Waals surface area contributed by atoms with E-state index >= 15 is 0 Å². The van der Waals surface area contributed by atoms with E-state index in [4.69, 9.17) is 26.1 Å². The van der Waals surface area contributed by atoms with Gasteiger partial charge in [-0.3, -0.25) is 9.69 Å². The molecular formula is C29H26ClN3O3S. The first-order valence-electron chi connectivity index (χ1n) is 11.7. The molecular weight excluding hydrogens is 506 g/mol. The van der Waals surface area contributed by atoms with E-state index < -0.39 is 0 Å². The summed E-state index contributed by atoms with van der Waals surface area (Å²) in [6, 6.07) is 22.2. The van der Waals surface area contributed by atoms with E-state index in [1.54, 1.807) is 36.3 Å². The molecule has 6 nitrogen and oxygen atoms in total. The van der Waals surface area contributed by atoms with E-state index in [0.717, 1.165) is 16.8 Å². The number of amides is 1. The van der Waals surface area contributed by atoms with Gasteiger partial charge in [0.25, 0.3) is 5.91 Å². The van der Waals surface area contributed by atoms with Crippen LogP contribution in [0.15, 0.2) is 76.6 Å². The van der Waals surface area contributed by atoms with Crippen molar-refractivity contribution in [2.75, 3.05) is 13.7 Å². The van der Waals surface area contributed by atoms with Crippen molar-refractivity contribution >= 4 is 46.2 Å². The highest BCUT2D eigenvalue weighted by molar-refractivity contribution is 8.18. The van der Waals surface area contributed by atoms with Crippen LogP contribution in [0, 0.1) is 17.2 Å². The summed E-state index contributed by atoms with van der Waals surface area (Å²) in [5, 5.41) is 10.6. The molecule has 1 amide bonds. The molecule has 0 atom stereocenters. The smallest absolute Gasteiger partial charge is 0.266 e. The highest BCUT2D eigenvalue weighted by Crippen LogP contribution is 2.36. The van der Waals surface area contributed by atoms with Gasteiger partial charge in [0.15, 0.2) is 16.7 Å². The molecule has 8 heteroatoms. The Morgan fingerprint density at radius 2 is 1.86 bits per heavy atom. The Hall–Kier alpha value is -3.73. The minimum absolute atomic E-state index is 0.0844. The van der Waals surface area contributed by atoms with E-state index in [2.05, 4.69) is 19.9 Å². The van der Waals surface area contributed by atoms with Crippen molar-refractivity contribution in [2.24, 2.45) is 10.9 Å². The third-order valence-electron chi connectivity index (χ3n) is 5.49. The van der Waals surface area contributed by atoms with Gasteiger partial charge in [0, 0.05) is 17.1 Å². The van der Waals surface area contributed by atoms with Crippen molar-refractivity contribution in [3.63, 3.8) is 0 Å². The zero-order valence-corrected chi connectivity index (χ0v) is 22.3. The Morgan fingerprint density at radius 3 is 2.57 bits per heavy atom. The number of amidine groups is 1. The number of methoxy groups -OCH3 is 1. The molecule has 3 aromatic carbocycles. The predicted molar refractivity (Wildman–Crippen MR) is 149 cm³/mol. The number of thioether (sulfide) groups is 1. The van der Waals surface area contributed by atoms with Crippen LogP contribution in [-0.2, 0) is 11.4 Å². The topological polar surface area (TPSA) is 74.9 Å². The van der Waals surface area contributed by atoms with Gasteiger partial charge in [-0.25, -0.2) is 4.99 Å². The van der Waals surface area contributed by atoms with Crippen molar-refractivity contribution in [3.05, 3.63) is 93.3 Å². The van der Waals surface area contributed by atoms with Gasteiger partial charge in [0.05, 0.1) is 29.3 Å². The van der Waals surface area contributed by atoms with Crippen LogP contribution >= 0.6 is 23.4 Å². The highest BCUT2D eigenvalue weighted by Gasteiger charge is 2.33. The summed E-state index contributed by atoms with van der Waals surface area (Å²) in [4.78, 5) is 20.3. The fraction of sp³-hybridized carbons (Fsp3) is 0.207. The van der Waals surface area contributed by atoms with Gasteiger partial charge in [0.1, 0.15) is 6.61 Å². The molecule has 0 aliphatic carbocycles. The monoisotopic (exact) mass is 531 g/mol. The first kappa shape index (κ1) is 26.3. The predicted octanol–water partition coefficient (Wildman–Crippen LogP) is 7.06. The molecule has 188 valence electrons. The number of benzene rings is 3. The number of nitriles is 1. The van der Waals surface area contributed by atoms with Crippen LogP contribution < -0.4 is 9.47 Å². The van der Waals surface area contributed by atoms with Crippen LogP contribution in [0.4, 0.5) is 5.69 Å². The first-order valence-corrected chi connectivity index (χ1v) is 12.9. The second-order valence-electron chi connectivity index (χ2n) is 8.76. The molecule has 1 saturated heterocycles. The van der Waals surface area contributed by atoms with Gasteiger partial charge in [-0.05, 0) is 71.8 Å². The molecule has 1 aliphatic heterocycles. The van der Waals surface area contributed by atoms with E-state index in [9.17, 15) is 10.1 Å². The van der Waals surface area contributed by atoms with Gasteiger partial charge in [0.2, 0.25) is 0 Å². The van der Waals surface area contributed by atoms with Crippen molar-refractivity contribution in [2.45, 2.75) is 20.5 Å². The fourth-order valence-electron chi connectivity index (χ4n) is 3.70. The summed E-state index contributed by atoms with van der Waals surface area (Å²) in [7, 11) is 1.57. The average molecular weight is 532 g/mol. The number of carbonyl (C=O) groups is 1. The second-order valence-corrected chi connectivity index (χ2v) is 10.2. The molecule has 0 radical (unpaired) electrons. The Morgan fingerprint density at radius 1 is 1.11 bits per heavy atom. The molecule has 1 fully saturated rings. The molecule has 3 aromatic rings. The SMILES string of the molecule is COc1cc(/C=C2\SC(=Nc3ccc(Cl)cc3)N(CC(C)C)C2=O)ccc1OCc1ccccc1C#N. The number of carbonyl (C=O) groups excluding carboxylic acids is 1. The quantitative estimate of drug-likeness (QED) is 0.291. The summed E-state index contributed by atoms with van der Waals surface area (Å²) in [5.41, 5.74) is 2.90. The standard InChI is InChI=1S/C29H26ClN3O3S/c1-19(2)17-33-28(34)27(37-29(33)32-24-11-9-23(30)10-12-24)15-20-8-13-25(26(14-20)35-3)36-18-22-7-5-4-6-21(22)16-31/h4-15,19H,17-18H2,1-3H3/b27-15-,32-29?. The van der Waals surface area contributed by atoms with Crippen LogP contribution in [0.5, 0.6) is 11.5 Å². The number of ether oxygens (including phenoxy) is 2. The maximum Gasteiger partial charge on any atom is 0.266 e. The van der Waals surface area contributed by atoms with Crippen molar-refractivity contribution in [3.8, 4) is 17.6 Å². The van der Waals surface area contributed by atoms with Gasteiger partial charge in [-0.15, -0.1) is 0 Å². The Balaban J connectivity index is 1.58. The lowest BCUT2D eigenvalue weighted by Crippen LogP contribution is -2.32. The minimum Gasteiger partial charge on any atom is -0.493 e. The number of hydrogen-bond acceptors (Lipinski definition) is 6. The lowest BCUT2D eigenvalue weighted by Gasteiger charge is -2.17.